The number of hydrogen-bond donors (Lipinski definition) is 1. The van der Waals surface area contributed by atoms with Crippen LogP contribution >= 0.6 is 11.8 Å². The first-order chi connectivity index (χ1) is 8.13. The van der Waals surface area contributed by atoms with E-state index in [-0.39, 0.29) is 0 Å². The van der Waals surface area contributed by atoms with Gasteiger partial charge >= 0.3 is 0 Å². The van der Waals surface area contributed by atoms with Gasteiger partial charge in [0.15, 0.2) is 0 Å². The summed E-state index contributed by atoms with van der Waals surface area (Å²) in [6.07, 6.45) is 0.300. The second-order valence-corrected chi connectivity index (χ2v) is 5.51. The molecule has 0 aliphatic rings. The van der Waals surface area contributed by atoms with Crippen LogP contribution in [0.2, 0.25) is 0 Å². The van der Waals surface area contributed by atoms with Crippen molar-refractivity contribution in [3.63, 3.8) is 0 Å². The molecule has 0 aliphatic carbocycles. The van der Waals surface area contributed by atoms with Crippen LogP contribution in [-0.4, -0.2) is 31.6 Å². The van der Waals surface area contributed by atoms with Gasteiger partial charge in [0.1, 0.15) is 0 Å². The van der Waals surface area contributed by atoms with E-state index in [1.54, 1.807) is 0 Å². The summed E-state index contributed by atoms with van der Waals surface area (Å²) in [6.45, 7) is 7.07. The van der Waals surface area contributed by atoms with Crippen LogP contribution in [0.25, 0.3) is 0 Å². The summed E-state index contributed by atoms with van der Waals surface area (Å²) in [4.78, 5) is 1.36. The summed E-state index contributed by atoms with van der Waals surface area (Å²) < 4.78 is 5.64. The number of likely N-dealkylation sites (N-methyl/N-ethyl adjacent to an activating group) is 1. The fourth-order valence-corrected chi connectivity index (χ4v) is 2.55. The quantitative estimate of drug-likeness (QED) is 0.755. The molecule has 0 heterocycles. The summed E-state index contributed by atoms with van der Waals surface area (Å²) in [6, 6.07) is 8.91. The molecule has 0 fully saturated rings. The lowest BCUT2D eigenvalue weighted by Gasteiger charge is -2.18. The predicted octanol–water partition coefficient (Wildman–Crippen LogP) is 3.10. The maximum atomic E-state index is 5.64. The first kappa shape index (κ1) is 14.6. The largest absolute Gasteiger partial charge is 0.377 e. The van der Waals surface area contributed by atoms with Gasteiger partial charge in [-0.15, -0.1) is 11.8 Å². The Hall–Kier alpha value is -0.510. The van der Waals surface area contributed by atoms with Crippen molar-refractivity contribution in [2.24, 2.45) is 0 Å². The molecule has 0 spiro atoms. The molecule has 1 N–H and O–H groups in total. The topological polar surface area (TPSA) is 21.3 Å². The minimum Gasteiger partial charge on any atom is -0.377 e. The van der Waals surface area contributed by atoms with Crippen molar-refractivity contribution in [1.82, 2.24) is 5.32 Å². The molecule has 0 bridgehead atoms. The zero-order chi connectivity index (χ0) is 12.7. The van der Waals surface area contributed by atoms with Gasteiger partial charge in [-0.25, -0.2) is 0 Å². The molecule has 3 heteroatoms. The van der Waals surface area contributed by atoms with E-state index in [0.717, 1.165) is 12.4 Å². The molecular formula is C14H23NOS. The van der Waals surface area contributed by atoms with Crippen LogP contribution in [0.3, 0.4) is 0 Å². The van der Waals surface area contributed by atoms with Crippen LogP contribution in [0, 0.1) is 6.92 Å². The Morgan fingerprint density at radius 2 is 2.00 bits per heavy atom. The van der Waals surface area contributed by atoms with Crippen molar-refractivity contribution >= 4 is 11.8 Å². The second kappa shape index (κ2) is 7.75. The summed E-state index contributed by atoms with van der Waals surface area (Å²) in [5, 5.41) is 3.30. The van der Waals surface area contributed by atoms with Crippen LogP contribution in [-0.2, 0) is 4.74 Å². The van der Waals surface area contributed by atoms with Gasteiger partial charge in [-0.05, 0) is 39.4 Å². The molecule has 1 unspecified atom stereocenters. The lowest BCUT2D eigenvalue weighted by Crippen LogP contribution is -2.33. The van der Waals surface area contributed by atoms with E-state index in [0.29, 0.717) is 12.1 Å². The van der Waals surface area contributed by atoms with Crippen molar-refractivity contribution in [2.75, 3.05) is 19.4 Å². The predicted molar refractivity (Wildman–Crippen MR) is 75.8 cm³/mol. The summed E-state index contributed by atoms with van der Waals surface area (Å²) in [7, 11) is 1.99. The highest BCUT2D eigenvalue weighted by Gasteiger charge is 2.08. The number of nitrogens with one attached hydrogen (secondary N) is 1. The van der Waals surface area contributed by atoms with E-state index < -0.39 is 0 Å². The molecule has 0 saturated carbocycles. The number of ether oxygens (including phenoxy) is 1. The van der Waals surface area contributed by atoms with E-state index in [1.807, 2.05) is 18.8 Å². The molecule has 0 aliphatic heterocycles. The van der Waals surface area contributed by atoms with Crippen LogP contribution in [0.5, 0.6) is 0 Å². The summed E-state index contributed by atoms with van der Waals surface area (Å²) >= 11 is 1.89. The standard InChI is InChI=1S/C14H23NOS/c1-11(2)16-9-13(15-4)10-17-14-8-6-5-7-12(14)3/h5-8,11,13,15H,9-10H2,1-4H3. The molecule has 0 amide bonds. The van der Waals surface area contributed by atoms with Gasteiger partial charge in [0.25, 0.3) is 0 Å². The van der Waals surface area contributed by atoms with E-state index in [9.17, 15) is 0 Å². The summed E-state index contributed by atoms with van der Waals surface area (Å²) in [5.74, 6) is 1.04. The van der Waals surface area contributed by atoms with Crippen LogP contribution in [0.1, 0.15) is 19.4 Å². The molecule has 1 aromatic rings. The van der Waals surface area contributed by atoms with E-state index in [2.05, 4.69) is 50.4 Å². The first-order valence-corrected chi connectivity index (χ1v) is 7.09. The minimum absolute atomic E-state index is 0.300. The van der Waals surface area contributed by atoms with Gasteiger partial charge in [-0.3, -0.25) is 0 Å². The Labute approximate surface area is 109 Å². The zero-order valence-corrected chi connectivity index (χ0v) is 12.0. The molecule has 17 heavy (non-hydrogen) atoms. The van der Waals surface area contributed by atoms with E-state index in [4.69, 9.17) is 4.74 Å². The Bertz CT molecular complexity index is 328. The molecular weight excluding hydrogens is 230 g/mol. The Morgan fingerprint density at radius 1 is 1.29 bits per heavy atom. The van der Waals surface area contributed by atoms with Gasteiger partial charge in [0.2, 0.25) is 0 Å². The van der Waals surface area contributed by atoms with Crippen molar-refractivity contribution in [2.45, 2.75) is 37.8 Å². The van der Waals surface area contributed by atoms with Crippen LogP contribution < -0.4 is 5.32 Å². The molecule has 0 radical (unpaired) electrons. The number of aryl methyl sites for hydroxylation is 1. The molecule has 1 rings (SSSR count). The lowest BCUT2D eigenvalue weighted by atomic mass is 10.2. The maximum Gasteiger partial charge on any atom is 0.0631 e. The third kappa shape index (κ3) is 5.57. The number of hydrogen-bond acceptors (Lipinski definition) is 3. The van der Waals surface area contributed by atoms with Crippen molar-refractivity contribution in [3.05, 3.63) is 29.8 Å². The average Bonchev–Trinajstić information content (AvgIpc) is 2.31. The van der Waals surface area contributed by atoms with Crippen molar-refractivity contribution in [1.29, 1.82) is 0 Å². The van der Waals surface area contributed by atoms with Gasteiger partial charge in [-0.2, -0.15) is 0 Å². The van der Waals surface area contributed by atoms with Crippen LogP contribution in [0.15, 0.2) is 29.2 Å². The fraction of sp³-hybridized carbons (Fsp3) is 0.571. The average molecular weight is 253 g/mol. The smallest absolute Gasteiger partial charge is 0.0631 e. The third-order valence-corrected chi connectivity index (χ3v) is 3.91. The van der Waals surface area contributed by atoms with Gasteiger partial charge in [0.05, 0.1) is 12.7 Å². The van der Waals surface area contributed by atoms with Gasteiger partial charge < -0.3 is 10.1 Å². The fourth-order valence-electron chi connectivity index (χ4n) is 1.43. The zero-order valence-electron chi connectivity index (χ0n) is 11.2. The second-order valence-electron chi connectivity index (χ2n) is 4.44. The molecule has 0 saturated heterocycles. The molecule has 0 aromatic heterocycles. The SMILES string of the molecule is CNC(COC(C)C)CSc1ccccc1C. The van der Waals surface area contributed by atoms with Crippen molar-refractivity contribution < 1.29 is 4.74 Å². The van der Waals surface area contributed by atoms with Gasteiger partial charge in [0, 0.05) is 16.7 Å². The highest BCUT2D eigenvalue weighted by molar-refractivity contribution is 7.99. The van der Waals surface area contributed by atoms with E-state index >= 15 is 0 Å². The number of rotatable bonds is 7. The maximum absolute atomic E-state index is 5.64. The lowest BCUT2D eigenvalue weighted by molar-refractivity contribution is 0.0668. The Balaban J connectivity index is 2.40. The molecule has 96 valence electrons. The van der Waals surface area contributed by atoms with Crippen molar-refractivity contribution in [3.8, 4) is 0 Å². The van der Waals surface area contributed by atoms with E-state index in [1.165, 1.54) is 10.5 Å². The highest BCUT2D eigenvalue weighted by Crippen LogP contribution is 2.22. The molecule has 1 atom stereocenters. The normalized spacial score (nSPS) is 13.0. The molecule has 1 aromatic carbocycles. The Kier molecular flexibility index (Phi) is 6.63. The number of benzene rings is 1. The highest BCUT2D eigenvalue weighted by atomic mass is 32.2. The third-order valence-electron chi connectivity index (χ3n) is 2.57. The van der Waals surface area contributed by atoms with Gasteiger partial charge in [-0.1, -0.05) is 18.2 Å². The van der Waals surface area contributed by atoms with Crippen LogP contribution in [0.4, 0.5) is 0 Å². The molecule has 2 nitrogen and oxygen atoms in total. The summed E-state index contributed by atoms with van der Waals surface area (Å²) in [5.41, 5.74) is 1.34. The number of thioether (sulfide) groups is 1. The first-order valence-electron chi connectivity index (χ1n) is 6.10. The minimum atomic E-state index is 0.300. The monoisotopic (exact) mass is 253 g/mol. The Morgan fingerprint density at radius 3 is 2.59 bits per heavy atom.